The van der Waals surface area contributed by atoms with Gasteiger partial charge in [-0.2, -0.15) is 5.10 Å². The number of aryl methyl sites for hydroxylation is 2. The number of rotatable bonds is 9. The number of hydrogen-bond acceptors (Lipinski definition) is 6. The summed E-state index contributed by atoms with van der Waals surface area (Å²) < 4.78 is 12.4. The molecule has 0 fully saturated rings. The second kappa shape index (κ2) is 10.9. The molecule has 0 saturated carbocycles. The van der Waals surface area contributed by atoms with Crippen molar-refractivity contribution in [1.29, 1.82) is 0 Å². The Morgan fingerprint density at radius 2 is 1.78 bits per heavy atom. The monoisotopic (exact) mass is 488 g/mol. The van der Waals surface area contributed by atoms with E-state index in [0.29, 0.717) is 28.5 Å². The van der Waals surface area contributed by atoms with Gasteiger partial charge in [0.15, 0.2) is 5.69 Å². The second-order valence-corrected chi connectivity index (χ2v) is 9.51. The molecule has 0 amide bonds. The van der Waals surface area contributed by atoms with Crippen molar-refractivity contribution in [2.75, 3.05) is 0 Å². The summed E-state index contributed by atoms with van der Waals surface area (Å²) >= 11 is 0. The van der Waals surface area contributed by atoms with Crippen molar-refractivity contribution in [2.45, 2.75) is 72.4 Å². The molecule has 0 N–H and O–H groups in total. The average molecular weight is 489 g/mol. The first-order valence-electron chi connectivity index (χ1n) is 12.5. The lowest BCUT2D eigenvalue weighted by atomic mass is 9.95. The van der Waals surface area contributed by atoms with Crippen LogP contribution in [0, 0.1) is 6.92 Å². The molecular weight excluding hydrogens is 456 g/mol. The van der Waals surface area contributed by atoms with Crippen LogP contribution in [-0.2, 0) is 17.9 Å². The van der Waals surface area contributed by atoms with Crippen LogP contribution < -0.4 is 11.2 Å². The van der Waals surface area contributed by atoms with Gasteiger partial charge in [-0.05, 0) is 48.6 Å². The van der Waals surface area contributed by atoms with E-state index in [-0.39, 0.29) is 23.8 Å². The molecule has 2 heterocycles. The van der Waals surface area contributed by atoms with E-state index in [1.165, 1.54) is 10.7 Å². The van der Waals surface area contributed by atoms with E-state index in [1.54, 1.807) is 24.3 Å². The van der Waals surface area contributed by atoms with Crippen molar-refractivity contribution in [2.24, 2.45) is 0 Å². The highest BCUT2D eigenvalue weighted by molar-refractivity contribution is 6.02. The molecule has 188 valence electrons. The maximum absolute atomic E-state index is 13.2. The molecule has 2 aromatic carbocycles. The third-order valence-electron chi connectivity index (χ3n) is 6.48. The van der Waals surface area contributed by atoms with E-state index in [0.717, 1.165) is 42.2 Å². The summed E-state index contributed by atoms with van der Waals surface area (Å²) in [6.45, 7) is 8.62. The van der Waals surface area contributed by atoms with Crippen molar-refractivity contribution in [3.05, 3.63) is 85.6 Å². The fourth-order valence-corrected chi connectivity index (χ4v) is 4.57. The number of nitrogens with zero attached hydrogens (tertiary/aromatic N) is 2. The number of aromatic nitrogens is 2. The van der Waals surface area contributed by atoms with Gasteiger partial charge in [-0.15, -0.1) is 0 Å². The van der Waals surface area contributed by atoms with E-state index >= 15 is 0 Å². The Morgan fingerprint density at radius 3 is 2.50 bits per heavy atom. The molecule has 2 aromatic heterocycles. The normalized spacial score (nSPS) is 11.5. The minimum Gasteiger partial charge on any atom is -0.456 e. The number of esters is 1. The third-order valence-corrected chi connectivity index (χ3v) is 6.48. The topological polar surface area (TPSA) is 91.4 Å². The van der Waals surface area contributed by atoms with Crippen LogP contribution in [0.15, 0.2) is 56.5 Å². The second-order valence-electron chi connectivity index (χ2n) is 9.51. The molecule has 7 heteroatoms. The van der Waals surface area contributed by atoms with Gasteiger partial charge in [0.05, 0.1) is 5.39 Å². The van der Waals surface area contributed by atoms with Crippen molar-refractivity contribution in [3.63, 3.8) is 0 Å². The molecule has 0 aliphatic heterocycles. The summed E-state index contributed by atoms with van der Waals surface area (Å²) in [6.07, 6.45) is 3.95. The molecule has 0 bridgehead atoms. The van der Waals surface area contributed by atoms with Gasteiger partial charge in [-0.1, -0.05) is 58.2 Å². The minimum atomic E-state index is -0.647. The molecule has 0 spiro atoms. The molecule has 0 atom stereocenters. The Kier molecular flexibility index (Phi) is 7.67. The fourth-order valence-electron chi connectivity index (χ4n) is 4.57. The standard InChI is InChI=1S/C29H32N2O5/c1-5-6-7-10-13-31-28(33)22-12-9-8-11-21(22)27(30-31)29(34)35-17-20-15-26(32)36-25-14-19(4)23(18(2)3)16-24(20)25/h8-9,11-12,14-16,18H,5-7,10,13,17H2,1-4H3. The Morgan fingerprint density at radius 1 is 1.03 bits per heavy atom. The highest BCUT2D eigenvalue weighted by Crippen LogP contribution is 2.27. The number of benzene rings is 2. The number of carbonyl (C=O) groups excluding carboxylic acids is 1. The van der Waals surface area contributed by atoms with Crippen LogP contribution in [0.3, 0.4) is 0 Å². The molecule has 36 heavy (non-hydrogen) atoms. The summed E-state index contributed by atoms with van der Waals surface area (Å²) in [5.41, 5.74) is 2.55. The van der Waals surface area contributed by atoms with Crippen molar-refractivity contribution >= 4 is 27.7 Å². The number of ether oxygens (including phenoxy) is 1. The molecule has 0 radical (unpaired) electrons. The number of carbonyl (C=O) groups is 1. The van der Waals surface area contributed by atoms with E-state index < -0.39 is 11.6 Å². The first-order valence-corrected chi connectivity index (χ1v) is 12.5. The van der Waals surface area contributed by atoms with Crippen LogP contribution >= 0.6 is 0 Å². The van der Waals surface area contributed by atoms with Crippen LogP contribution in [0.4, 0.5) is 0 Å². The summed E-state index contributed by atoms with van der Waals surface area (Å²) in [5.74, 6) is -0.364. The summed E-state index contributed by atoms with van der Waals surface area (Å²) in [7, 11) is 0. The van der Waals surface area contributed by atoms with Gasteiger partial charge < -0.3 is 9.15 Å². The Labute approximate surface area is 209 Å². The van der Waals surface area contributed by atoms with Gasteiger partial charge in [-0.3, -0.25) is 4.79 Å². The molecule has 0 unspecified atom stereocenters. The van der Waals surface area contributed by atoms with E-state index in [9.17, 15) is 14.4 Å². The molecule has 0 saturated heterocycles. The zero-order valence-corrected chi connectivity index (χ0v) is 21.3. The van der Waals surface area contributed by atoms with Gasteiger partial charge in [0.1, 0.15) is 12.2 Å². The van der Waals surface area contributed by atoms with Gasteiger partial charge in [-0.25, -0.2) is 14.3 Å². The predicted molar refractivity (Wildman–Crippen MR) is 141 cm³/mol. The predicted octanol–water partition coefficient (Wildman–Crippen LogP) is 5.87. The molecule has 4 aromatic rings. The number of fused-ring (bicyclic) bond motifs is 2. The summed E-state index contributed by atoms with van der Waals surface area (Å²) in [6, 6.07) is 12.1. The molecule has 7 nitrogen and oxygen atoms in total. The SMILES string of the molecule is CCCCCCn1nc(C(=O)OCc2cc(=O)oc3cc(C)c(C(C)C)cc23)c2ccccc2c1=O. The van der Waals surface area contributed by atoms with Crippen molar-refractivity contribution in [1.82, 2.24) is 9.78 Å². The van der Waals surface area contributed by atoms with Crippen molar-refractivity contribution in [3.8, 4) is 0 Å². The highest BCUT2D eigenvalue weighted by atomic mass is 16.5. The summed E-state index contributed by atoms with van der Waals surface area (Å²) in [4.78, 5) is 38.4. The average Bonchev–Trinajstić information content (AvgIpc) is 2.85. The summed E-state index contributed by atoms with van der Waals surface area (Å²) in [5, 5.41) is 6.00. The van der Waals surface area contributed by atoms with Crippen LogP contribution in [0.2, 0.25) is 0 Å². The third kappa shape index (κ3) is 5.25. The Hall–Kier alpha value is -3.74. The van der Waals surface area contributed by atoms with Gasteiger partial charge >= 0.3 is 11.6 Å². The Bertz CT molecular complexity index is 1530. The lowest BCUT2D eigenvalue weighted by Crippen LogP contribution is -2.26. The first kappa shape index (κ1) is 25.4. The van der Waals surface area contributed by atoms with E-state index in [1.807, 2.05) is 19.1 Å². The minimum absolute atomic E-state index is 0.0895. The van der Waals surface area contributed by atoms with Crippen LogP contribution in [0.1, 0.15) is 79.6 Å². The zero-order valence-electron chi connectivity index (χ0n) is 21.3. The molecule has 4 rings (SSSR count). The molecule has 0 aliphatic rings. The maximum Gasteiger partial charge on any atom is 0.359 e. The molecular formula is C29H32N2O5. The lowest BCUT2D eigenvalue weighted by Gasteiger charge is -2.14. The molecule has 0 aliphatic carbocycles. The van der Waals surface area contributed by atoms with Crippen LogP contribution in [-0.4, -0.2) is 15.7 Å². The fraction of sp³-hybridized carbons (Fsp3) is 0.379. The van der Waals surface area contributed by atoms with E-state index in [4.69, 9.17) is 9.15 Å². The van der Waals surface area contributed by atoms with Crippen LogP contribution in [0.5, 0.6) is 0 Å². The van der Waals surface area contributed by atoms with Gasteiger partial charge in [0.2, 0.25) is 0 Å². The largest absolute Gasteiger partial charge is 0.456 e. The Balaban J connectivity index is 1.67. The maximum atomic E-state index is 13.2. The highest BCUT2D eigenvalue weighted by Gasteiger charge is 2.19. The lowest BCUT2D eigenvalue weighted by molar-refractivity contribution is 0.0466. The van der Waals surface area contributed by atoms with E-state index in [2.05, 4.69) is 25.9 Å². The number of hydrogen-bond donors (Lipinski definition) is 0. The first-order chi connectivity index (χ1) is 17.3. The quantitative estimate of drug-likeness (QED) is 0.166. The van der Waals surface area contributed by atoms with Gasteiger partial charge in [0.25, 0.3) is 5.56 Å². The zero-order chi connectivity index (χ0) is 25.8. The van der Waals surface area contributed by atoms with Crippen molar-refractivity contribution < 1.29 is 13.9 Å². The van der Waals surface area contributed by atoms with Gasteiger partial charge in [0, 0.05) is 28.9 Å². The number of unbranched alkanes of at least 4 members (excludes halogenated alkanes) is 3. The smallest absolute Gasteiger partial charge is 0.359 e. The van der Waals surface area contributed by atoms with Crippen LogP contribution in [0.25, 0.3) is 21.7 Å².